The predicted octanol–water partition coefficient (Wildman–Crippen LogP) is 1.98. The lowest BCUT2D eigenvalue weighted by Gasteiger charge is -2.70. The van der Waals surface area contributed by atoms with Gasteiger partial charge in [0, 0.05) is 17.8 Å². The molecule has 142 valence electrons. The number of fused-ring (bicyclic) bond motifs is 3. The molecular formula is C20H32O5. The fraction of sp³-hybridized carbons (Fsp3) is 0.850. The van der Waals surface area contributed by atoms with Gasteiger partial charge < -0.3 is 20.1 Å². The van der Waals surface area contributed by atoms with Crippen molar-refractivity contribution in [2.45, 2.75) is 89.3 Å². The van der Waals surface area contributed by atoms with Crippen molar-refractivity contribution in [3.63, 3.8) is 0 Å². The van der Waals surface area contributed by atoms with E-state index in [1.165, 1.54) is 6.08 Å². The summed E-state index contributed by atoms with van der Waals surface area (Å²) in [4.78, 5) is 13.3. The lowest BCUT2D eigenvalue weighted by atomic mass is 9.40. The molecule has 0 bridgehead atoms. The molecule has 1 aliphatic heterocycles. The largest absolute Gasteiger partial charge is 0.390 e. The standard InChI is InChI=1S/C20H32O5/c1-7-17(4)11-12(21)20(24)18(5)10-8-9-16(2,3)14(18)13(22)15(23)19(20,6)25-17/h7,13-15,22-24H,1,8-11H2,2-6H3. The van der Waals surface area contributed by atoms with Crippen molar-refractivity contribution in [1.82, 2.24) is 0 Å². The maximum atomic E-state index is 13.3. The zero-order valence-corrected chi connectivity index (χ0v) is 16.0. The number of aliphatic hydroxyl groups is 3. The van der Waals surface area contributed by atoms with Crippen LogP contribution >= 0.6 is 0 Å². The Morgan fingerprint density at radius 1 is 1.16 bits per heavy atom. The second-order valence-corrected chi connectivity index (χ2v) is 9.71. The van der Waals surface area contributed by atoms with Crippen molar-refractivity contribution >= 4 is 5.78 Å². The van der Waals surface area contributed by atoms with Crippen LogP contribution in [0.25, 0.3) is 0 Å². The molecule has 5 heteroatoms. The molecule has 0 spiro atoms. The molecule has 1 heterocycles. The lowest BCUT2D eigenvalue weighted by Crippen LogP contribution is -2.84. The molecule has 2 saturated carbocycles. The van der Waals surface area contributed by atoms with Gasteiger partial charge in [0.05, 0.1) is 11.7 Å². The molecule has 7 unspecified atom stereocenters. The van der Waals surface area contributed by atoms with Gasteiger partial charge in [-0.25, -0.2) is 0 Å². The van der Waals surface area contributed by atoms with Crippen molar-refractivity contribution in [2.24, 2.45) is 16.7 Å². The van der Waals surface area contributed by atoms with Crippen LogP contribution in [-0.2, 0) is 9.53 Å². The number of aliphatic hydroxyl groups excluding tert-OH is 2. The molecule has 5 nitrogen and oxygen atoms in total. The van der Waals surface area contributed by atoms with Crippen LogP contribution in [0, 0.1) is 16.7 Å². The van der Waals surface area contributed by atoms with Crippen LogP contribution in [0.5, 0.6) is 0 Å². The Bertz CT molecular complexity index is 615. The van der Waals surface area contributed by atoms with Crippen LogP contribution < -0.4 is 0 Å². The average molecular weight is 352 g/mol. The van der Waals surface area contributed by atoms with E-state index in [1.54, 1.807) is 13.8 Å². The minimum atomic E-state index is -1.86. The lowest BCUT2D eigenvalue weighted by molar-refractivity contribution is -0.356. The highest BCUT2D eigenvalue weighted by molar-refractivity contribution is 5.92. The summed E-state index contributed by atoms with van der Waals surface area (Å²) in [7, 11) is 0. The minimum Gasteiger partial charge on any atom is -0.390 e. The van der Waals surface area contributed by atoms with Crippen LogP contribution in [0.15, 0.2) is 12.7 Å². The highest BCUT2D eigenvalue weighted by atomic mass is 16.6. The fourth-order valence-electron chi connectivity index (χ4n) is 6.43. The predicted molar refractivity (Wildman–Crippen MR) is 93.9 cm³/mol. The second kappa shape index (κ2) is 5.16. The molecule has 0 aromatic carbocycles. The normalized spacial score (nSPS) is 55.2. The third-order valence-electron chi connectivity index (χ3n) is 7.61. The van der Waals surface area contributed by atoms with E-state index in [0.717, 1.165) is 12.8 Å². The van der Waals surface area contributed by atoms with Gasteiger partial charge in [0.15, 0.2) is 11.4 Å². The van der Waals surface area contributed by atoms with Crippen molar-refractivity contribution in [2.75, 3.05) is 0 Å². The maximum absolute atomic E-state index is 13.3. The number of ketones is 1. The molecule has 3 rings (SSSR count). The number of hydrogen-bond acceptors (Lipinski definition) is 5. The number of Topliss-reactive ketones (excluding diaryl/α,β-unsaturated/α-hetero) is 1. The summed E-state index contributed by atoms with van der Waals surface area (Å²) < 4.78 is 6.15. The molecular weight excluding hydrogens is 320 g/mol. The first-order chi connectivity index (χ1) is 11.3. The summed E-state index contributed by atoms with van der Waals surface area (Å²) in [6, 6.07) is 0. The minimum absolute atomic E-state index is 0.00808. The monoisotopic (exact) mass is 352 g/mol. The molecule has 0 amide bonds. The fourth-order valence-corrected chi connectivity index (χ4v) is 6.43. The summed E-state index contributed by atoms with van der Waals surface area (Å²) in [6.07, 6.45) is 1.44. The maximum Gasteiger partial charge on any atom is 0.171 e. The summed E-state index contributed by atoms with van der Waals surface area (Å²) in [6.45, 7) is 13.0. The van der Waals surface area contributed by atoms with Gasteiger partial charge in [-0.15, -0.1) is 6.58 Å². The summed E-state index contributed by atoms with van der Waals surface area (Å²) in [5.41, 5.74) is -5.61. The Labute approximate surface area is 150 Å². The molecule has 3 fully saturated rings. The number of ether oxygens (including phenoxy) is 1. The highest BCUT2D eigenvalue weighted by Gasteiger charge is 2.78. The van der Waals surface area contributed by atoms with E-state index < -0.39 is 40.3 Å². The molecule has 7 atom stereocenters. The smallest absolute Gasteiger partial charge is 0.171 e. The summed E-state index contributed by atoms with van der Waals surface area (Å²) >= 11 is 0. The third kappa shape index (κ3) is 2.07. The van der Waals surface area contributed by atoms with Crippen molar-refractivity contribution < 1.29 is 24.9 Å². The van der Waals surface area contributed by atoms with Gasteiger partial charge in [-0.1, -0.05) is 33.3 Å². The van der Waals surface area contributed by atoms with Crippen LogP contribution in [-0.4, -0.2) is 50.1 Å². The van der Waals surface area contributed by atoms with Gasteiger partial charge in [0.2, 0.25) is 0 Å². The number of hydrogen-bond donors (Lipinski definition) is 3. The van der Waals surface area contributed by atoms with Crippen LogP contribution in [0.4, 0.5) is 0 Å². The first-order valence-electron chi connectivity index (χ1n) is 9.25. The summed E-state index contributed by atoms with van der Waals surface area (Å²) in [5, 5.41) is 33.9. The Morgan fingerprint density at radius 2 is 1.76 bits per heavy atom. The van der Waals surface area contributed by atoms with E-state index >= 15 is 0 Å². The number of rotatable bonds is 1. The zero-order valence-electron chi connectivity index (χ0n) is 16.0. The van der Waals surface area contributed by atoms with Crippen LogP contribution in [0.1, 0.15) is 60.3 Å². The Kier molecular flexibility index (Phi) is 3.92. The van der Waals surface area contributed by atoms with E-state index in [-0.39, 0.29) is 17.6 Å². The third-order valence-corrected chi connectivity index (χ3v) is 7.61. The van der Waals surface area contributed by atoms with E-state index in [9.17, 15) is 20.1 Å². The van der Waals surface area contributed by atoms with Crippen LogP contribution in [0.2, 0.25) is 0 Å². The Hall–Kier alpha value is -0.750. The Morgan fingerprint density at radius 3 is 2.32 bits per heavy atom. The number of carbonyl (C=O) groups is 1. The van der Waals surface area contributed by atoms with Gasteiger partial charge in [0.25, 0.3) is 0 Å². The van der Waals surface area contributed by atoms with Crippen LogP contribution in [0.3, 0.4) is 0 Å². The first-order valence-corrected chi connectivity index (χ1v) is 9.25. The Balaban J connectivity index is 2.24. The average Bonchev–Trinajstić information content (AvgIpc) is 2.49. The van der Waals surface area contributed by atoms with Gasteiger partial charge in [0.1, 0.15) is 11.7 Å². The molecule has 0 aromatic rings. The van der Waals surface area contributed by atoms with E-state index in [0.29, 0.717) is 6.42 Å². The molecule has 0 radical (unpaired) electrons. The SMILES string of the molecule is C=CC1(C)CC(=O)C2(O)C3(C)CCCC(C)(C)C3C(O)C(O)C2(C)O1. The quantitative estimate of drug-likeness (QED) is 0.628. The highest BCUT2D eigenvalue weighted by Crippen LogP contribution is 2.66. The van der Waals surface area contributed by atoms with Gasteiger partial charge in [-0.3, -0.25) is 4.79 Å². The van der Waals surface area contributed by atoms with E-state index in [2.05, 4.69) is 6.58 Å². The van der Waals surface area contributed by atoms with E-state index in [4.69, 9.17) is 4.74 Å². The first kappa shape index (κ1) is 19.0. The summed E-state index contributed by atoms with van der Waals surface area (Å²) in [5.74, 6) is -0.734. The molecule has 1 saturated heterocycles. The van der Waals surface area contributed by atoms with Crippen molar-refractivity contribution in [3.05, 3.63) is 12.7 Å². The topological polar surface area (TPSA) is 87.0 Å². The van der Waals surface area contributed by atoms with Gasteiger partial charge >= 0.3 is 0 Å². The van der Waals surface area contributed by atoms with Gasteiger partial charge in [-0.05, 0) is 32.1 Å². The molecule has 3 N–H and O–H groups in total. The molecule has 2 aliphatic carbocycles. The zero-order chi connectivity index (χ0) is 19.1. The van der Waals surface area contributed by atoms with Crippen molar-refractivity contribution in [1.29, 1.82) is 0 Å². The molecule has 3 aliphatic rings. The van der Waals surface area contributed by atoms with Crippen molar-refractivity contribution in [3.8, 4) is 0 Å². The molecule has 25 heavy (non-hydrogen) atoms. The second-order valence-electron chi connectivity index (χ2n) is 9.71. The van der Waals surface area contributed by atoms with E-state index in [1.807, 2.05) is 20.8 Å². The number of carbonyl (C=O) groups excluding carboxylic acids is 1. The molecule has 0 aromatic heterocycles. The van der Waals surface area contributed by atoms with Gasteiger partial charge in [-0.2, -0.15) is 0 Å².